The number of carbonyl (C=O) groups excluding carboxylic acids is 3. The average Bonchev–Trinajstić information content (AvgIpc) is 3.24. The third kappa shape index (κ3) is 3.09. The van der Waals surface area contributed by atoms with Crippen molar-refractivity contribution in [2.45, 2.75) is 24.8 Å². The Hall–Kier alpha value is -2.67. The van der Waals surface area contributed by atoms with E-state index in [4.69, 9.17) is 5.73 Å². The molecule has 2 atom stereocenters. The number of carbonyl (C=O) groups is 3. The van der Waals surface area contributed by atoms with Gasteiger partial charge in [0.2, 0.25) is 11.8 Å². The van der Waals surface area contributed by atoms with Gasteiger partial charge in [-0.25, -0.2) is 0 Å². The number of fused-ring (bicyclic) bond motifs is 1. The molecule has 28 heavy (non-hydrogen) atoms. The number of amides is 3. The molecule has 2 N–H and O–H groups in total. The average molecular weight is 398 g/mol. The Kier molecular flexibility index (Phi) is 4.93. The molecule has 0 bridgehead atoms. The van der Waals surface area contributed by atoms with Crippen LogP contribution in [-0.4, -0.2) is 47.7 Å². The van der Waals surface area contributed by atoms with Crippen molar-refractivity contribution in [2.24, 2.45) is 11.7 Å². The molecular formula is C21H23N3O3S. The topological polar surface area (TPSA) is 83.7 Å². The predicted octanol–water partition coefficient (Wildman–Crippen LogP) is 2.38. The molecule has 4 rings (SSSR count). The van der Waals surface area contributed by atoms with E-state index < -0.39 is 5.92 Å². The Bertz CT molecular complexity index is 903. The summed E-state index contributed by atoms with van der Waals surface area (Å²) in [6, 6.07) is 11.0. The van der Waals surface area contributed by atoms with Crippen LogP contribution < -0.4 is 5.73 Å². The van der Waals surface area contributed by atoms with Crippen LogP contribution in [0.4, 0.5) is 0 Å². The van der Waals surface area contributed by atoms with E-state index in [0.29, 0.717) is 31.5 Å². The van der Waals surface area contributed by atoms with Crippen LogP contribution in [0.3, 0.4) is 0 Å². The summed E-state index contributed by atoms with van der Waals surface area (Å²) >= 11 is 1.56. The number of piperidine rings is 1. The number of nitrogens with zero attached hydrogens (tertiary/aromatic N) is 2. The van der Waals surface area contributed by atoms with Crippen molar-refractivity contribution in [3.8, 4) is 0 Å². The molecule has 6 nitrogen and oxygen atoms in total. The van der Waals surface area contributed by atoms with Crippen LogP contribution >= 0.6 is 11.3 Å². The lowest BCUT2D eigenvalue weighted by Crippen LogP contribution is -2.49. The van der Waals surface area contributed by atoms with Crippen LogP contribution in [0.15, 0.2) is 41.8 Å². The number of thiophene rings is 1. The second kappa shape index (κ2) is 7.39. The molecule has 1 aromatic heterocycles. The van der Waals surface area contributed by atoms with E-state index in [0.717, 1.165) is 10.4 Å². The van der Waals surface area contributed by atoms with Gasteiger partial charge in [0.15, 0.2) is 0 Å². The van der Waals surface area contributed by atoms with E-state index in [1.807, 2.05) is 40.6 Å². The molecule has 1 fully saturated rings. The van der Waals surface area contributed by atoms with Crippen molar-refractivity contribution in [3.05, 3.63) is 57.8 Å². The largest absolute Gasteiger partial charge is 0.369 e. The Labute approximate surface area is 167 Å². The third-order valence-electron chi connectivity index (χ3n) is 5.89. The molecule has 3 amide bonds. The number of rotatable bonds is 3. The molecule has 2 aliphatic heterocycles. The van der Waals surface area contributed by atoms with Crippen molar-refractivity contribution in [1.82, 2.24) is 9.80 Å². The molecular weight excluding hydrogens is 374 g/mol. The fourth-order valence-corrected chi connectivity index (χ4v) is 5.24. The molecule has 0 aliphatic carbocycles. The van der Waals surface area contributed by atoms with Crippen LogP contribution in [0.2, 0.25) is 0 Å². The fraction of sp³-hybridized carbons (Fsp3) is 0.381. The highest BCUT2D eigenvalue weighted by atomic mass is 32.1. The van der Waals surface area contributed by atoms with Crippen molar-refractivity contribution in [2.75, 3.05) is 20.1 Å². The minimum absolute atomic E-state index is 0.00752. The minimum atomic E-state index is -0.456. The summed E-state index contributed by atoms with van der Waals surface area (Å²) in [7, 11) is 1.77. The Morgan fingerprint density at radius 3 is 2.46 bits per heavy atom. The van der Waals surface area contributed by atoms with Gasteiger partial charge in [-0.15, -0.1) is 11.3 Å². The Morgan fingerprint density at radius 1 is 1.11 bits per heavy atom. The fourth-order valence-electron chi connectivity index (χ4n) is 4.34. The van der Waals surface area contributed by atoms with Gasteiger partial charge in [0, 0.05) is 36.5 Å². The molecule has 1 aromatic carbocycles. The smallest absolute Gasteiger partial charge is 0.254 e. The predicted molar refractivity (Wildman–Crippen MR) is 107 cm³/mol. The van der Waals surface area contributed by atoms with Crippen LogP contribution in [0.5, 0.6) is 0 Å². The van der Waals surface area contributed by atoms with Crippen LogP contribution in [0.1, 0.15) is 45.6 Å². The van der Waals surface area contributed by atoms with Crippen molar-refractivity contribution < 1.29 is 14.4 Å². The Balaban J connectivity index is 1.71. The Morgan fingerprint density at radius 2 is 1.82 bits per heavy atom. The zero-order valence-electron chi connectivity index (χ0n) is 15.7. The quantitative estimate of drug-likeness (QED) is 0.863. The molecule has 1 saturated heterocycles. The van der Waals surface area contributed by atoms with Gasteiger partial charge in [0.1, 0.15) is 0 Å². The van der Waals surface area contributed by atoms with Gasteiger partial charge < -0.3 is 15.5 Å². The number of likely N-dealkylation sites (N-methyl/N-ethyl adjacent to an activating group) is 1. The number of likely N-dealkylation sites (tertiary alicyclic amines) is 1. The van der Waals surface area contributed by atoms with Crippen molar-refractivity contribution in [3.63, 3.8) is 0 Å². The summed E-state index contributed by atoms with van der Waals surface area (Å²) in [6.45, 7) is 1.03. The molecule has 146 valence electrons. The lowest BCUT2D eigenvalue weighted by atomic mass is 9.81. The van der Waals surface area contributed by atoms with Gasteiger partial charge in [-0.3, -0.25) is 14.4 Å². The van der Waals surface area contributed by atoms with Gasteiger partial charge >= 0.3 is 0 Å². The maximum absolute atomic E-state index is 13.6. The van der Waals surface area contributed by atoms with E-state index in [1.54, 1.807) is 29.4 Å². The lowest BCUT2D eigenvalue weighted by Gasteiger charge is -2.42. The molecule has 0 saturated carbocycles. The summed E-state index contributed by atoms with van der Waals surface area (Å²) in [5.74, 6) is -0.974. The monoisotopic (exact) mass is 397 g/mol. The van der Waals surface area contributed by atoms with E-state index in [2.05, 4.69) is 0 Å². The molecule has 3 heterocycles. The van der Waals surface area contributed by atoms with Gasteiger partial charge in [-0.2, -0.15) is 0 Å². The molecule has 2 aromatic rings. The SMILES string of the molecule is CN1C(=O)c2ccccc2C(C(=O)N2CCC(C(N)=O)CC2)C1c1cccs1. The van der Waals surface area contributed by atoms with Gasteiger partial charge in [0.05, 0.1) is 12.0 Å². The van der Waals surface area contributed by atoms with E-state index in [-0.39, 0.29) is 29.7 Å². The van der Waals surface area contributed by atoms with E-state index in [1.165, 1.54) is 0 Å². The highest BCUT2D eigenvalue weighted by molar-refractivity contribution is 7.10. The standard InChI is InChI=1S/C21H23N3O3S/c1-23-18(16-7-4-12-28-16)17(14-5-2-3-6-15(14)20(23)26)21(27)24-10-8-13(9-11-24)19(22)25/h2-7,12-13,17-18H,8-11H2,1H3,(H2,22,25). The first-order valence-electron chi connectivity index (χ1n) is 9.46. The maximum Gasteiger partial charge on any atom is 0.254 e. The van der Waals surface area contributed by atoms with E-state index >= 15 is 0 Å². The second-order valence-corrected chi connectivity index (χ2v) is 8.42. The van der Waals surface area contributed by atoms with Crippen molar-refractivity contribution >= 4 is 29.1 Å². The van der Waals surface area contributed by atoms with Gasteiger partial charge in [0.25, 0.3) is 5.91 Å². The number of primary amides is 1. The van der Waals surface area contributed by atoms with Crippen LogP contribution in [0, 0.1) is 5.92 Å². The first kappa shape index (κ1) is 18.7. The van der Waals surface area contributed by atoms with Crippen LogP contribution in [0.25, 0.3) is 0 Å². The third-order valence-corrected chi connectivity index (χ3v) is 6.83. The maximum atomic E-state index is 13.6. The second-order valence-electron chi connectivity index (χ2n) is 7.44. The highest BCUT2D eigenvalue weighted by Crippen LogP contribution is 2.44. The first-order valence-corrected chi connectivity index (χ1v) is 10.3. The summed E-state index contributed by atoms with van der Waals surface area (Å²) in [5, 5.41) is 1.97. The number of hydrogen-bond donors (Lipinski definition) is 1. The molecule has 7 heteroatoms. The highest BCUT2D eigenvalue weighted by Gasteiger charge is 2.45. The first-order chi connectivity index (χ1) is 13.5. The van der Waals surface area contributed by atoms with Gasteiger partial charge in [-0.05, 0) is 35.9 Å². The zero-order valence-corrected chi connectivity index (χ0v) is 16.5. The molecule has 2 unspecified atom stereocenters. The van der Waals surface area contributed by atoms with Crippen LogP contribution in [-0.2, 0) is 9.59 Å². The van der Waals surface area contributed by atoms with Crippen molar-refractivity contribution in [1.29, 1.82) is 0 Å². The summed E-state index contributed by atoms with van der Waals surface area (Å²) in [4.78, 5) is 42.5. The molecule has 0 radical (unpaired) electrons. The number of nitrogens with two attached hydrogens (primary N) is 1. The molecule has 0 spiro atoms. The normalized spacial score (nSPS) is 22.8. The molecule has 2 aliphatic rings. The lowest BCUT2D eigenvalue weighted by molar-refractivity contribution is -0.137. The number of hydrogen-bond acceptors (Lipinski definition) is 4. The van der Waals surface area contributed by atoms with Gasteiger partial charge in [-0.1, -0.05) is 24.3 Å². The number of benzene rings is 1. The van der Waals surface area contributed by atoms with E-state index in [9.17, 15) is 14.4 Å². The summed E-state index contributed by atoms with van der Waals surface area (Å²) < 4.78 is 0. The summed E-state index contributed by atoms with van der Waals surface area (Å²) in [6.07, 6.45) is 1.18. The zero-order chi connectivity index (χ0) is 19.8. The summed E-state index contributed by atoms with van der Waals surface area (Å²) in [5.41, 5.74) is 6.80. The minimum Gasteiger partial charge on any atom is -0.369 e.